The van der Waals surface area contributed by atoms with E-state index in [-0.39, 0.29) is 65.8 Å². The number of carboxylic acids is 1. The van der Waals surface area contributed by atoms with Crippen LogP contribution < -0.4 is 21.7 Å². The summed E-state index contributed by atoms with van der Waals surface area (Å²) < 4.78 is 1.26. The summed E-state index contributed by atoms with van der Waals surface area (Å²) >= 11 is 1.37. The average molecular weight is 606 g/mol. The van der Waals surface area contributed by atoms with Crippen LogP contribution in [-0.4, -0.2) is 125 Å². The van der Waals surface area contributed by atoms with Crippen molar-refractivity contribution in [1.29, 1.82) is 5.41 Å². The summed E-state index contributed by atoms with van der Waals surface area (Å²) in [5, 5.41) is 46.7. The smallest absolute Gasteiger partial charge is 0.353 e. The first-order valence-corrected chi connectivity index (χ1v) is 14.6. The Labute approximate surface area is 245 Å². The first-order chi connectivity index (χ1) is 20.0. The average Bonchev–Trinajstić information content (AvgIpc) is 3.71. The number of tetrazole rings is 1. The fourth-order valence-electron chi connectivity index (χ4n) is 6.53. The van der Waals surface area contributed by atoms with Crippen molar-refractivity contribution in [3.05, 3.63) is 16.9 Å². The third-order valence-corrected chi connectivity index (χ3v) is 9.88. The predicted molar refractivity (Wildman–Crippen MR) is 147 cm³/mol. The Morgan fingerprint density at radius 2 is 2.10 bits per heavy atom. The summed E-state index contributed by atoms with van der Waals surface area (Å²) in [4.78, 5) is 54.9. The van der Waals surface area contributed by atoms with Crippen molar-refractivity contribution in [3.63, 3.8) is 0 Å². The van der Waals surface area contributed by atoms with Gasteiger partial charge in [0.1, 0.15) is 18.6 Å². The number of nitrogens with zero attached hydrogens (tertiary/aromatic N) is 6. The van der Waals surface area contributed by atoms with Gasteiger partial charge in [-0.15, -0.1) is 16.9 Å². The molecule has 228 valence electrons. The van der Waals surface area contributed by atoms with Crippen LogP contribution in [0.5, 0.6) is 0 Å². The number of nitrogens with two attached hydrogens (primary N) is 1. The van der Waals surface area contributed by atoms with Crippen LogP contribution in [0.1, 0.15) is 26.7 Å². The fourth-order valence-corrected chi connectivity index (χ4v) is 8.01. The molecule has 8 N–H and O–H groups in total. The molecule has 0 unspecified atom stereocenters. The Hall–Kier alpha value is -3.77. The van der Waals surface area contributed by atoms with Gasteiger partial charge in [-0.25, -0.2) is 9.48 Å². The van der Waals surface area contributed by atoms with Crippen LogP contribution in [0.2, 0.25) is 0 Å². The number of rotatable bonds is 10. The zero-order valence-corrected chi connectivity index (χ0v) is 24.0. The van der Waals surface area contributed by atoms with E-state index < -0.39 is 30.0 Å². The maximum Gasteiger partial charge on any atom is 0.353 e. The molecule has 17 nitrogen and oxygen atoms in total. The molecule has 18 heteroatoms. The van der Waals surface area contributed by atoms with Crippen molar-refractivity contribution >= 4 is 41.4 Å². The van der Waals surface area contributed by atoms with Crippen molar-refractivity contribution in [2.24, 2.45) is 17.6 Å². The zero-order valence-electron chi connectivity index (χ0n) is 23.1. The number of aliphatic carboxylic acids is 1. The molecule has 1 aromatic heterocycles. The number of likely N-dealkylation sites (tertiary alicyclic amines) is 1. The highest BCUT2D eigenvalue weighted by atomic mass is 32.2. The number of guanidine groups is 1. The SMILES string of the molecule is C[C@@H](NC(=O)Cn1cnnn1)[C@H]1C(=O)N2C(C(=O)O)=C(S[C@@H]3CN[C@H](C(=O)N4C[C@@H](NC(=N)N)C[C@H]4CO)C3)[C@H](C)[C@H]12. The van der Waals surface area contributed by atoms with Gasteiger partial charge in [0, 0.05) is 41.2 Å². The highest BCUT2D eigenvalue weighted by molar-refractivity contribution is 8.03. The van der Waals surface area contributed by atoms with Crippen LogP contribution in [-0.2, 0) is 25.7 Å². The highest BCUT2D eigenvalue weighted by Crippen LogP contribution is 2.51. The number of amides is 3. The van der Waals surface area contributed by atoms with Gasteiger partial charge in [0.05, 0.1) is 30.7 Å². The molecule has 0 aromatic carbocycles. The minimum atomic E-state index is -1.19. The van der Waals surface area contributed by atoms with E-state index in [2.05, 4.69) is 31.5 Å². The minimum Gasteiger partial charge on any atom is -0.477 e. The van der Waals surface area contributed by atoms with E-state index in [9.17, 15) is 29.4 Å². The monoisotopic (exact) mass is 605 g/mol. The number of nitrogens with one attached hydrogen (secondary N) is 4. The summed E-state index contributed by atoms with van der Waals surface area (Å²) in [6.07, 6.45) is 2.22. The van der Waals surface area contributed by atoms with Crippen molar-refractivity contribution in [1.82, 2.24) is 46.0 Å². The van der Waals surface area contributed by atoms with Crippen LogP contribution in [0.4, 0.5) is 0 Å². The molecule has 4 aliphatic rings. The molecule has 0 bridgehead atoms. The summed E-state index contributed by atoms with van der Waals surface area (Å²) in [7, 11) is 0. The molecule has 0 aliphatic carbocycles. The number of fused-ring (bicyclic) bond motifs is 1. The third kappa shape index (κ3) is 5.52. The molecule has 8 atom stereocenters. The largest absolute Gasteiger partial charge is 0.477 e. The second-order valence-electron chi connectivity index (χ2n) is 11.1. The van der Waals surface area contributed by atoms with Gasteiger partial charge in [0.2, 0.25) is 17.7 Å². The molecule has 0 radical (unpaired) electrons. The molecular formula is C24H35N11O6S. The van der Waals surface area contributed by atoms with E-state index in [4.69, 9.17) is 11.1 Å². The quantitative estimate of drug-likeness (QED) is 0.0793. The van der Waals surface area contributed by atoms with Crippen LogP contribution in [0.3, 0.4) is 0 Å². The van der Waals surface area contributed by atoms with E-state index in [0.29, 0.717) is 30.8 Å². The fraction of sp³-hybridized carbons (Fsp3) is 0.667. The number of aromatic nitrogens is 4. The number of aliphatic hydroxyl groups excluding tert-OH is 1. The number of carboxylic acid groups (broad SMARTS) is 1. The number of β-lactam (4-membered cyclic amide) rings is 1. The van der Waals surface area contributed by atoms with E-state index in [0.717, 1.165) is 0 Å². The summed E-state index contributed by atoms with van der Waals surface area (Å²) in [6, 6.07) is -2.08. The zero-order chi connectivity index (χ0) is 30.3. The minimum absolute atomic E-state index is 0.0428. The van der Waals surface area contributed by atoms with Crippen LogP contribution in [0.15, 0.2) is 16.9 Å². The first kappa shape index (κ1) is 29.7. The number of aliphatic hydroxyl groups is 1. The Balaban J connectivity index is 1.22. The van der Waals surface area contributed by atoms with Gasteiger partial charge in [0.15, 0.2) is 5.96 Å². The Bertz CT molecular complexity index is 1290. The molecule has 0 saturated carbocycles. The normalized spacial score (nSPS) is 31.1. The summed E-state index contributed by atoms with van der Waals surface area (Å²) in [6.45, 7) is 4.07. The second-order valence-corrected chi connectivity index (χ2v) is 12.5. The molecule has 3 fully saturated rings. The molecule has 3 amide bonds. The maximum atomic E-state index is 13.4. The lowest BCUT2D eigenvalue weighted by Gasteiger charge is -2.47. The lowest BCUT2D eigenvalue weighted by Crippen LogP contribution is -2.66. The molecule has 42 heavy (non-hydrogen) atoms. The standard InChI is InChI=1S/C24H35N11O6S/c1-10-18-17(11(2)29-16(37)7-33-9-28-31-32-33)22(39)35(18)19(23(40)41)20(10)42-14-4-15(27-5-14)21(38)34-6-12(30-24(25)26)3-13(34)8-36/h9-15,17-18,27,36H,3-8H2,1-2H3,(H,29,37)(H,40,41)(H4,25,26,30)/t10-,11-,12+,13+,14+,15+,17-,18-/m1/s1. The van der Waals surface area contributed by atoms with Gasteiger partial charge in [0.25, 0.3) is 0 Å². The van der Waals surface area contributed by atoms with Crippen LogP contribution in [0.25, 0.3) is 0 Å². The third-order valence-electron chi connectivity index (χ3n) is 8.37. The van der Waals surface area contributed by atoms with Crippen molar-refractivity contribution in [2.45, 2.75) is 68.7 Å². The lowest BCUT2D eigenvalue weighted by molar-refractivity contribution is -0.158. The summed E-state index contributed by atoms with van der Waals surface area (Å²) in [5.74, 6) is -3.16. The van der Waals surface area contributed by atoms with E-state index in [1.807, 2.05) is 6.92 Å². The van der Waals surface area contributed by atoms with E-state index in [1.165, 1.54) is 27.7 Å². The highest BCUT2D eigenvalue weighted by Gasteiger charge is 2.60. The second kappa shape index (κ2) is 11.8. The molecule has 4 aliphatic heterocycles. The maximum absolute atomic E-state index is 13.4. The Morgan fingerprint density at radius 3 is 2.74 bits per heavy atom. The van der Waals surface area contributed by atoms with Gasteiger partial charge in [-0.1, -0.05) is 6.92 Å². The van der Waals surface area contributed by atoms with Gasteiger partial charge >= 0.3 is 5.97 Å². The number of hydrogen-bond donors (Lipinski definition) is 7. The molecular weight excluding hydrogens is 570 g/mol. The Kier molecular flexibility index (Phi) is 8.38. The number of thioether (sulfide) groups is 1. The topological polar surface area (TPSA) is 245 Å². The molecule has 3 saturated heterocycles. The lowest BCUT2D eigenvalue weighted by atomic mass is 9.78. The van der Waals surface area contributed by atoms with Gasteiger partial charge in [-0.3, -0.25) is 19.8 Å². The molecule has 5 rings (SSSR count). The molecule has 1 aromatic rings. The van der Waals surface area contributed by atoms with Crippen molar-refractivity contribution in [3.8, 4) is 0 Å². The molecule has 5 heterocycles. The van der Waals surface area contributed by atoms with E-state index in [1.54, 1.807) is 11.8 Å². The van der Waals surface area contributed by atoms with Crippen molar-refractivity contribution < 1.29 is 29.4 Å². The first-order valence-electron chi connectivity index (χ1n) is 13.7. The van der Waals surface area contributed by atoms with Gasteiger partial charge < -0.3 is 41.7 Å². The molecule has 0 spiro atoms. The number of carbonyl (C=O) groups excluding carboxylic acids is 3. The number of hydrogen-bond acceptors (Lipinski definition) is 11. The van der Waals surface area contributed by atoms with E-state index >= 15 is 0 Å². The van der Waals surface area contributed by atoms with Gasteiger partial charge in [-0.05, 0) is 30.2 Å². The van der Waals surface area contributed by atoms with Crippen LogP contribution in [0, 0.1) is 17.2 Å². The van der Waals surface area contributed by atoms with Gasteiger partial charge in [-0.2, -0.15) is 0 Å². The van der Waals surface area contributed by atoms with Crippen molar-refractivity contribution in [2.75, 3.05) is 19.7 Å². The summed E-state index contributed by atoms with van der Waals surface area (Å²) in [5.41, 5.74) is 5.40. The van der Waals surface area contributed by atoms with Crippen LogP contribution >= 0.6 is 11.8 Å². The predicted octanol–water partition coefficient (Wildman–Crippen LogP) is -3.14. The number of carbonyl (C=O) groups is 4. The Morgan fingerprint density at radius 1 is 1.33 bits per heavy atom.